The molecular weight excluding hydrogens is 326 g/mol. The molecule has 1 aliphatic heterocycles. The van der Waals surface area contributed by atoms with Crippen molar-refractivity contribution in [2.24, 2.45) is 0 Å². The number of aliphatic hydroxyl groups is 1. The zero-order valence-corrected chi connectivity index (χ0v) is 13.3. The fourth-order valence-corrected chi connectivity index (χ4v) is 2.29. The van der Waals surface area contributed by atoms with Gasteiger partial charge in [-0.3, -0.25) is 4.79 Å². The lowest BCUT2D eigenvalue weighted by Crippen LogP contribution is -2.29. The average molecular weight is 343 g/mol. The summed E-state index contributed by atoms with van der Waals surface area (Å²) in [5, 5.41) is 12.5. The van der Waals surface area contributed by atoms with Crippen LogP contribution in [0.2, 0.25) is 0 Å². The summed E-state index contributed by atoms with van der Waals surface area (Å²) in [6.07, 6.45) is -1.41. The van der Waals surface area contributed by atoms with Gasteiger partial charge in [-0.25, -0.2) is 4.79 Å². The standard InChI is InChI=1S/C18H17NO6/c20-16(10-23-18(22)17(21)13-4-2-1-3-5-13)19-9-12-6-7-14-15(8-12)25-11-24-14/h1-8,17,21H,9-11H2,(H,19,20)/t17-/m1/s1. The molecule has 0 bridgehead atoms. The fourth-order valence-electron chi connectivity index (χ4n) is 2.29. The first kappa shape index (κ1) is 16.8. The number of ether oxygens (including phenoxy) is 3. The first-order chi connectivity index (χ1) is 12.1. The zero-order valence-electron chi connectivity index (χ0n) is 13.3. The van der Waals surface area contributed by atoms with Crippen molar-refractivity contribution in [1.29, 1.82) is 0 Å². The lowest BCUT2D eigenvalue weighted by Gasteiger charge is -2.11. The van der Waals surface area contributed by atoms with Crippen molar-refractivity contribution in [2.45, 2.75) is 12.6 Å². The van der Waals surface area contributed by atoms with E-state index in [1.165, 1.54) is 0 Å². The zero-order chi connectivity index (χ0) is 17.6. The van der Waals surface area contributed by atoms with Gasteiger partial charge in [-0.05, 0) is 23.3 Å². The van der Waals surface area contributed by atoms with Gasteiger partial charge in [-0.15, -0.1) is 0 Å². The van der Waals surface area contributed by atoms with Gasteiger partial charge in [0.05, 0.1) is 0 Å². The molecule has 7 heteroatoms. The molecule has 1 aliphatic rings. The molecule has 25 heavy (non-hydrogen) atoms. The number of rotatable bonds is 6. The second-order valence-corrected chi connectivity index (χ2v) is 5.39. The van der Waals surface area contributed by atoms with Crippen molar-refractivity contribution in [2.75, 3.05) is 13.4 Å². The molecule has 2 aromatic carbocycles. The Kier molecular flexibility index (Phi) is 5.15. The molecule has 130 valence electrons. The van der Waals surface area contributed by atoms with Gasteiger partial charge in [0.2, 0.25) is 6.79 Å². The van der Waals surface area contributed by atoms with Gasteiger partial charge >= 0.3 is 5.97 Å². The largest absolute Gasteiger partial charge is 0.454 e. The number of fused-ring (bicyclic) bond motifs is 1. The average Bonchev–Trinajstić information content (AvgIpc) is 3.12. The molecule has 0 aliphatic carbocycles. The van der Waals surface area contributed by atoms with Crippen LogP contribution in [0.5, 0.6) is 11.5 Å². The van der Waals surface area contributed by atoms with E-state index in [4.69, 9.17) is 14.2 Å². The Hall–Kier alpha value is -3.06. The third kappa shape index (κ3) is 4.27. The third-order valence-corrected chi connectivity index (χ3v) is 3.61. The van der Waals surface area contributed by atoms with Crippen LogP contribution in [0.1, 0.15) is 17.2 Å². The van der Waals surface area contributed by atoms with Gasteiger partial charge in [0.25, 0.3) is 5.91 Å². The predicted octanol–water partition coefficient (Wildman–Crippen LogP) is 1.31. The molecule has 2 N–H and O–H groups in total. The second kappa shape index (κ2) is 7.67. The van der Waals surface area contributed by atoms with Crippen LogP contribution < -0.4 is 14.8 Å². The Balaban J connectivity index is 1.44. The van der Waals surface area contributed by atoms with Crippen molar-refractivity contribution < 1.29 is 28.9 Å². The SMILES string of the molecule is O=C(COC(=O)[C@H](O)c1ccccc1)NCc1ccc2c(c1)OCO2. The Labute approximate surface area is 144 Å². The van der Waals surface area contributed by atoms with E-state index in [9.17, 15) is 14.7 Å². The van der Waals surface area contributed by atoms with E-state index in [0.717, 1.165) is 5.56 Å². The summed E-state index contributed by atoms with van der Waals surface area (Å²) in [4.78, 5) is 23.6. The lowest BCUT2D eigenvalue weighted by molar-refractivity contribution is -0.157. The van der Waals surface area contributed by atoms with Gasteiger partial charge in [0.1, 0.15) is 0 Å². The van der Waals surface area contributed by atoms with Crippen LogP contribution in [0.25, 0.3) is 0 Å². The summed E-state index contributed by atoms with van der Waals surface area (Å²) in [5.41, 5.74) is 1.24. The van der Waals surface area contributed by atoms with Crippen molar-refractivity contribution in [1.82, 2.24) is 5.32 Å². The first-order valence-corrected chi connectivity index (χ1v) is 7.68. The molecule has 3 rings (SSSR count). The minimum atomic E-state index is -1.41. The summed E-state index contributed by atoms with van der Waals surface area (Å²) < 4.78 is 15.3. The van der Waals surface area contributed by atoms with Gasteiger partial charge < -0.3 is 24.6 Å². The second-order valence-electron chi connectivity index (χ2n) is 5.39. The summed E-state index contributed by atoms with van der Waals surface area (Å²) in [7, 11) is 0. The Morgan fingerprint density at radius 3 is 2.68 bits per heavy atom. The minimum absolute atomic E-state index is 0.185. The number of carbonyl (C=O) groups is 2. The molecule has 7 nitrogen and oxygen atoms in total. The maximum Gasteiger partial charge on any atom is 0.340 e. The van der Waals surface area contributed by atoms with Crippen LogP contribution in [0.3, 0.4) is 0 Å². The van der Waals surface area contributed by atoms with Gasteiger partial charge in [-0.1, -0.05) is 36.4 Å². The Bertz CT molecular complexity index is 761. The van der Waals surface area contributed by atoms with Crippen molar-refractivity contribution in [3.63, 3.8) is 0 Å². The number of carbonyl (C=O) groups excluding carboxylic acids is 2. The number of hydrogen-bond donors (Lipinski definition) is 2. The van der Waals surface area contributed by atoms with E-state index in [1.54, 1.807) is 48.5 Å². The van der Waals surface area contributed by atoms with Crippen LogP contribution in [0.4, 0.5) is 0 Å². The van der Waals surface area contributed by atoms with Gasteiger partial charge in [0.15, 0.2) is 24.2 Å². The molecule has 2 aromatic rings. The van der Waals surface area contributed by atoms with Crippen molar-refractivity contribution >= 4 is 11.9 Å². The molecule has 0 saturated carbocycles. The van der Waals surface area contributed by atoms with E-state index in [2.05, 4.69) is 5.32 Å². The molecule has 0 unspecified atom stereocenters. The number of benzene rings is 2. The molecular formula is C18H17NO6. The molecule has 0 saturated heterocycles. The Morgan fingerprint density at radius 2 is 1.88 bits per heavy atom. The molecule has 0 radical (unpaired) electrons. The van der Waals surface area contributed by atoms with E-state index in [0.29, 0.717) is 17.1 Å². The number of hydrogen-bond acceptors (Lipinski definition) is 6. The maximum absolute atomic E-state index is 11.8. The van der Waals surface area contributed by atoms with Crippen LogP contribution in [-0.4, -0.2) is 30.4 Å². The summed E-state index contributed by atoms with van der Waals surface area (Å²) in [6, 6.07) is 13.7. The molecule has 1 amide bonds. The van der Waals surface area contributed by atoms with E-state index < -0.39 is 24.6 Å². The highest BCUT2D eigenvalue weighted by Crippen LogP contribution is 2.32. The highest BCUT2D eigenvalue weighted by molar-refractivity contribution is 5.82. The molecule has 1 atom stereocenters. The number of aliphatic hydroxyl groups excluding tert-OH is 1. The highest BCUT2D eigenvalue weighted by Gasteiger charge is 2.19. The molecule has 0 aromatic heterocycles. The third-order valence-electron chi connectivity index (χ3n) is 3.61. The monoisotopic (exact) mass is 343 g/mol. The summed E-state index contributed by atoms with van der Waals surface area (Å²) in [5.74, 6) is -0.0428. The number of esters is 1. The van der Waals surface area contributed by atoms with Crippen molar-refractivity contribution in [3.8, 4) is 11.5 Å². The van der Waals surface area contributed by atoms with E-state index in [-0.39, 0.29) is 13.3 Å². The highest BCUT2D eigenvalue weighted by atomic mass is 16.7. The van der Waals surface area contributed by atoms with Crippen LogP contribution in [0, 0.1) is 0 Å². The van der Waals surface area contributed by atoms with E-state index in [1.807, 2.05) is 0 Å². The topological polar surface area (TPSA) is 94.1 Å². The number of nitrogens with one attached hydrogen (secondary N) is 1. The fraction of sp³-hybridized carbons (Fsp3) is 0.222. The van der Waals surface area contributed by atoms with Gasteiger partial charge in [-0.2, -0.15) is 0 Å². The quantitative estimate of drug-likeness (QED) is 0.768. The van der Waals surface area contributed by atoms with Crippen molar-refractivity contribution in [3.05, 3.63) is 59.7 Å². The van der Waals surface area contributed by atoms with Crippen LogP contribution in [0.15, 0.2) is 48.5 Å². The molecule has 0 spiro atoms. The molecule has 0 fully saturated rings. The maximum atomic E-state index is 11.8. The first-order valence-electron chi connectivity index (χ1n) is 7.68. The number of amides is 1. The predicted molar refractivity (Wildman–Crippen MR) is 86.8 cm³/mol. The summed E-state index contributed by atoms with van der Waals surface area (Å²) in [6.45, 7) is -0.0214. The summed E-state index contributed by atoms with van der Waals surface area (Å²) >= 11 is 0. The van der Waals surface area contributed by atoms with Crippen LogP contribution >= 0.6 is 0 Å². The lowest BCUT2D eigenvalue weighted by atomic mass is 10.1. The Morgan fingerprint density at radius 1 is 1.12 bits per heavy atom. The molecule has 1 heterocycles. The van der Waals surface area contributed by atoms with E-state index >= 15 is 0 Å². The minimum Gasteiger partial charge on any atom is -0.454 e. The van der Waals surface area contributed by atoms with Crippen LogP contribution in [-0.2, 0) is 20.9 Å². The smallest absolute Gasteiger partial charge is 0.340 e. The van der Waals surface area contributed by atoms with Gasteiger partial charge in [0, 0.05) is 6.54 Å². The normalized spacial score (nSPS) is 13.2.